The molecule has 162 valence electrons. The lowest BCUT2D eigenvalue weighted by Crippen LogP contribution is -2.41. The predicted octanol–water partition coefficient (Wildman–Crippen LogP) is 4.93. The zero-order valence-electron chi connectivity index (χ0n) is 17.8. The van der Waals surface area contributed by atoms with Gasteiger partial charge in [0.05, 0.1) is 0 Å². The SMILES string of the molecule is Cc1ccc(C(C(=O)O)N(C(=O)OCC2c3ccccc3-c3ccccc32)C2CC2)cn1. The number of aryl methyl sites for hydroxylation is 1. The van der Waals surface area contributed by atoms with Gasteiger partial charge < -0.3 is 9.84 Å². The summed E-state index contributed by atoms with van der Waals surface area (Å²) >= 11 is 0. The number of rotatable bonds is 6. The molecule has 3 aromatic rings. The molecule has 1 fully saturated rings. The van der Waals surface area contributed by atoms with Crippen molar-refractivity contribution in [2.24, 2.45) is 0 Å². The highest BCUT2D eigenvalue weighted by Gasteiger charge is 2.43. The Kier molecular flexibility index (Phi) is 5.13. The number of ether oxygens (including phenoxy) is 1. The first-order valence-electron chi connectivity index (χ1n) is 10.8. The van der Waals surface area contributed by atoms with Gasteiger partial charge in [-0.05, 0) is 48.1 Å². The highest BCUT2D eigenvalue weighted by Crippen LogP contribution is 2.45. The second kappa shape index (κ2) is 8.11. The van der Waals surface area contributed by atoms with Gasteiger partial charge >= 0.3 is 12.1 Å². The van der Waals surface area contributed by atoms with Crippen molar-refractivity contribution in [3.8, 4) is 11.1 Å². The van der Waals surface area contributed by atoms with Crippen LogP contribution in [0.15, 0.2) is 66.9 Å². The van der Waals surface area contributed by atoms with E-state index in [4.69, 9.17) is 4.74 Å². The highest BCUT2D eigenvalue weighted by molar-refractivity contribution is 5.82. The maximum atomic E-state index is 13.2. The highest BCUT2D eigenvalue weighted by atomic mass is 16.6. The van der Waals surface area contributed by atoms with Gasteiger partial charge in [0.1, 0.15) is 6.61 Å². The Bertz CT molecular complexity index is 1120. The van der Waals surface area contributed by atoms with Gasteiger partial charge in [0.15, 0.2) is 6.04 Å². The molecular weight excluding hydrogens is 404 g/mol. The van der Waals surface area contributed by atoms with E-state index in [0.717, 1.165) is 40.8 Å². The molecule has 2 aromatic carbocycles. The number of pyridine rings is 1. The van der Waals surface area contributed by atoms with Gasteiger partial charge in [-0.15, -0.1) is 0 Å². The van der Waals surface area contributed by atoms with E-state index < -0.39 is 18.1 Å². The van der Waals surface area contributed by atoms with E-state index in [1.165, 1.54) is 11.1 Å². The molecule has 6 heteroatoms. The molecule has 0 radical (unpaired) electrons. The van der Waals surface area contributed by atoms with E-state index in [9.17, 15) is 14.7 Å². The largest absolute Gasteiger partial charge is 0.479 e. The smallest absolute Gasteiger partial charge is 0.411 e. The Labute approximate surface area is 186 Å². The minimum absolute atomic E-state index is 0.0725. The summed E-state index contributed by atoms with van der Waals surface area (Å²) in [6.45, 7) is 2.00. The van der Waals surface area contributed by atoms with Gasteiger partial charge in [-0.1, -0.05) is 54.6 Å². The predicted molar refractivity (Wildman–Crippen MR) is 119 cm³/mol. The lowest BCUT2D eigenvalue weighted by Gasteiger charge is -2.29. The maximum absolute atomic E-state index is 13.2. The van der Waals surface area contributed by atoms with E-state index in [0.29, 0.717) is 5.56 Å². The molecule has 1 aromatic heterocycles. The number of carbonyl (C=O) groups is 2. The van der Waals surface area contributed by atoms with Crippen molar-refractivity contribution in [1.29, 1.82) is 0 Å². The summed E-state index contributed by atoms with van der Waals surface area (Å²) in [5.74, 6) is -1.16. The normalized spacial score (nSPS) is 15.5. The standard InChI is InChI=1S/C26H24N2O4/c1-16-10-11-17(14-27-16)24(25(29)30)28(18-12-13-18)26(31)32-15-23-21-8-4-2-6-19(21)20-7-3-5-9-22(20)23/h2-11,14,18,23-24H,12-13,15H2,1H3,(H,29,30). The molecule has 1 heterocycles. The van der Waals surface area contributed by atoms with Crippen molar-refractivity contribution in [2.75, 3.05) is 6.61 Å². The molecule has 0 aliphatic heterocycles. The number of benzene rings is 2. The number of aliphatic carboxylic acids is 1. The molecule has 1 unspecified atom stereocenters. The molecule has 2 aliphatic rings. The van der Waals surface area contributed by atoms with Crippen LogP contribution >= 0.6 is 0 Å². The van der Waals surface area contributed by atoms with Gasteiger partial charge in [-0.2, -0.15) is 0 Å². The van der Waals surface area contributed by atoms with Gasteiger partial charge in [0.25, 0.3) is 0 Å². The second-order valence-corrected chi connectivity index (χ2v) is 8.42. The van der Waals surface area contributed by atoms with Crippen molar-refractivity contribution in [1.82, 2.24) is 9.88 Å². The molecule has 1 saturated carbocycles. The molecule has 32 heavy (non-hydrogen) atoms. The lowest BCUT2D eigenvalue weighted by molar-refractivity contribution is -0.143. The van der Waals surface area contributed by atoms with E-state index in [1.54, 1.807) is 12.1 Å². The Morgan fingerprint density at radius 1 is 1.03 bits per heavy atom. The van der Waals surface area contributed by atoms with E-state index in [-0.39, 0.29) is 18.6 Å². The third kappa shape index (κ3) is 3.62. The minimum atomic E-state index is -1.12. The number of carbonyl (C=O) groups excluding carboxylic acids is 1. The van der Waals surface area contributed by atoms with Crippen LogP contribution in [0.1, 0.15) is 47.2 Å². The van der Waals surface area contributed by atoms with Crippen LogP contribution in [0.25, 0.3) is 11.1 Å². The molecular formula is C26H24N2O4. The molecule has 2 aliphatic carbocycles. The van der Waals surface area contributed by atoms with Crippen molar-refractivity contribution >= 4 is 12.1 Å². The van der Waals surface area contributed by atoms with E-state index >= 15 is 0 Å². The first-order valence-corrected chi connectivity index (χ1v) is 10.8. The molecule has 1 N–H and O–H groups in total. The third-order valence-electron chi connectivity index (χ3n) is 6.25. The first-order chi connectivity index (χ1) is 15.5. The number of nitrogens with zero attached hydrogens (tertiary/aromatic N) is 2. The number of aromatic nitrogens is 1. The summed E-state index contributed by atoms with van der Waals surface area (Å²) in [4.78, 5) is 31.0. The van der Waals surface area contributed by atoms with Crippen LogP contribution in [0, 0.1) is 6.92 Å². The zero-order chi connectivity index (χ0) is 22.2. The second-order valence-electron chi connectivity index (χ2n) is 8.42. The summed E-state index contributed by atoms with van der Waals surface area (Å²) in [6.07, 6.45) is 2.48. The quantitative estimate of drug-likeness (QED) is 0.602. The van der Waals surface area contributed by atoms with Crippen LogP contribution < -0.4 is 0 Å². The third-order valence-corrected chi connectivity index (χ3v) is 6.25. The number of fused-ring (bicyclic) bond motifs is 3. The fourth-order valence-corrected chi connectivity index (χ4v) is 4.55. The average molecular weight is 428 g/mol. The molecule has 0 saturated heterocycles. The number of hydrogen-bond donors (Lipinski definition) is 1. The van der Waals surface area contributed by atoms with E-state index in [1.807, 2.05) is 31.2 Å². The van der Waals surface area contributed by atoms with Crippen molar-refractivity contribution in [2.45, 2.75) is 37.8 Å². The van der Waals surface area contributed by atoms with Gasteiger partial charge in [0.2, 0.25) is 0 Å². The maximum Gasteiger partial charge on any atom is 0.411 e. The number of carboxylic acid groups (broad SMARTS) is 1. The Hall–Kier alpha value is -3.67. The van der Waals surface area contributed by atoms with Crippen LogP contribution in [-0.4, -0.2) is 39.7 Å². The monoisotopic (exact) mass is 428 g/mol. The molecule has 0 spiro atoms. The molecule has 6 nitrogen and oxygen atoms in total. The molecule has 5 rings (SSSR count). The Morgan fingerprint density at radius 2 is 1.66 bits per heavy atom. The van der Waals surface area contributed by atoms with Gasteiger partial charge in [0, 0.05) is 29.4 Å². The molecule has 1 amide bonds. The Morgan fingerprint density at radius 3 is 2.19 bits per heavy atom. The molecule has 0 bridgehead atoms. The summed E-state index contributed by atoms with van der Waals surface area (Å²) in [5, 5.41) is 9.95. The molecule has 1 atom stereocenters. The van der Waals surface area contributed by atoms with Gasteiger partial charge in [-0.3, -0.25) is 9.88 Å². The zero-order valence-corrected chi connectivity index (χ0v) is 17.8. The summed E-state index contributed by atoms with van der Waals surface area (Å²) < 4.78 is 5.78. The lowest BCUT2D eigenvalue weighted by atomic mass is 9.98. The number of hydrogen-bond acceptors (Lipinski definition) is 4. The fraction of sp³-hybridized carbons (Fsp3) is 0.269. The summed E-state index contributed by atoms with van der Waals surface area (Å²) in [5.41, 5.74) is 5.81. The fourth-order valence-electron chi connectivity index (χ4n) is 4.55. The van der Waals surface area contributed by atoms with Crippen LogP contribution in [0.4, 0.5) is 4.79 Å². The number of carboxylic acids is 1. The van der Waals surface area contributed by atoms with Gasteiger partial charge in [-0.25, -0.2) is 9.59 Å². The Balaban J connectivity index is 1.40. The van der Waals surface area contributed by atoms with Crippen molar-refractivity contribution in [3.05, 3.63) is 89.2 Å². The average Bonchev–Trinajstić information content (AvgIpc) is 3.58. The van der Waals surface area contributed by atoms with Crippen LogP contribution in [0.3, 0.4) is 0 Å². The van der Waals surface area contributed by atoms with Crippen molar-refractivity contribution < 1.29 is 19.4 Å². The van der Waals surface area contributed by atoms with Crippen LogP contribution in [0.5, 0.6) is 0 Å². The first kappa shape index (κ1) is 20.2. The van der Waals surface area contributed by atoms with Crippen molar-refractivity contribution in [3.63, 3.8) is 0 Å². The minimum Gasteiger partial charge on any atom is -0.479 e. The summed E-state index contributed by atoms with van der Waals surface area (Å²) in [6, 6.07) is 18.5. The van der Waals surface area contributed by atoms with E-state index in [2.05, 4.69) is 29.2 Å². The topological polar surface area (TPSA) is 79.7 Å². The van der Waals surface area contributed by atoms with Crippen LogP contribution in [-0.2, 0) is 9.53 Å². The number of amides is 1. The summed E-state index contributed by atoms with van der Waals surface area (Å²) in [7, 11) is 0. The van der Waals surface area contributed by atoms with Crippen LogP contribution in [0.2, 0.25) is 0 Å².